The molecular weight excluding hydrogens is 334 g/mol. The van der Waals surface area contributed by atoms with Crippen molar-refractivity contribution in [1.82, 2.24) is 20.4 Å². The summed E-state index contributed by atoms with van der Waals surface area (Å²) in [6, 6.07) is 11.9. The smallest absolute Gasteiger partial charge is 0.191 e. The fourth-order valence-electron chi connectivity index (χ4n) is 4.40. The van der Waals surface area contributed by atoms with Gasteiger partial charge in [0.15, 0.2) is 5.96 Å². The van der Waals surface area contributed by atoms with Gasteiger partial charge in [-0.3, -0.25) is 9.89 Å². The van der Waals surface area contributed by atoms with Gasteiger partial charge in [0, 0.05) is 44.8 Å². The summed E-state index contributed by atoms with van der Waals surface area (Å²) in [5.74, 6) is 1.68. The van der Waals surface area contributed by atoms with Gasteiger partial charge in [-0.1, -0.05) is 30.3 Å². The van der Waals surface area contributed by atoms with Gasteiger partial charge in [0.1, 0.15) is 0 Å². The lowest BCUT2D eigenvalue weighted by atomic mass is 9.99. The van der Waals surface area contributed by atoms with E-state index in [4.69, 9.17) is 4.99 Å². The van der Waals surface area contributed by atoms with E-state index in [2.05, 4.69) is 71.7 Å². The molecular formula is C22H37N5. The molecule has 2 aliphatic rings. The highest BCUT2D eigenvalue weighted by molar-refractivity contribution is 5.80. The molecule has 3 atom stereocenters. The van der Waals surface area contributed by atoms with Crippen LogP contribution in [-0.2, 0) is 6.54 Å². The first kappa shape index (κ1) is 20.2. The number of likely N-dealkylation sites (tertiary alicyclic amines) is 2. The number of hydrogen-bond donors (Lipinski definition) is 2. The summed E-state index contributed by atoms with van der Waals surface area (Å²) in [7, 11) is 2.22. The molecule has 0 saturated carbocycles. The molecule has 2 N–H and O–H groups in total. The zero-order valence-corrected chi connectivity index (χ0v) is 17.3. The van der Waals surface area contributed by atoms with Gasteiger partial charge in [0.2, 0.25) is 0 Å². The molecule has 27 heavy (non-hydrogen) atoms. The summed E-state index contributed by atoms with van der Waals surface area (Å²) in [5, 5.41) is 7.14. The van der Waals surface area contributed by atoms with E-state index >= 15 is 0 Å². The van der Waals surface area contributed by atoms with Gasteiger partial charge in [0.05, 0.1) is 0 Å². The fraction of sp³-hybridized carbons (Fsp3) is 0.682. The molecule has 3 rings (SSSR count). The zero-order valence-electron chi connectivity index (χ0n) is 17.3. The Bertz CT molecular complexity index is 588. The highest BCUT2D eigenvalue weighted by Gasteiger charge is 2.29. The van der Waals surface area contributed by atoms with E-state index in [0.717, 1.165) is 32.1 Å². The molecule has 0 radical (unpaired) electrons. The molecule has 2 saturated heterocycles. The third kappa shape index (κ3) is 6.22. The predicted octanol–water partition coefficient (Wildman–Crippen LogP) is 2.55. The van der Waals surface area contributed by atoms with Crippen molar-refractivity contribution in [3.05, 3.63) is 35.9 Å². The first-order valence-corrected chi connectivity index (χ1v) is 10.7. The Labute approximate surface area is 165 Å². The number of rotatable bonds is 6. The third-order valence-corrected chi connectivity index (χ3v) is 5.85. The second kappa shape index (κ2) is 10.1. The number of guanidine groups is 1. The minimum absolute atomic E-state index is 0.468. The van der Waals surface area contributed by atoms with Crippen LogP contribution in [0.2, 0.25) is 0 Å². The van der Waals surface area contributed by atoms with Crippen molar-refractivity contribution in [2.24, 2.45) is 10.9 Å². The molecule has 5 nitrogen and oxygen atoms in total. The van der Waals surface area contributed by atoms with Crippen LogP contribution in [0.3, 0.4) is 0 Å². The van der Waals surface area contributed by atoms with E-state index in [0.29, 0.717) is 18.0 Å². The number of nitrogens with zero attached hydrogens (tertiary/aromatic N) is 3. The molecule has 2 aliphatic heterocycles. The molecule has 0 amide bonds. The largest absolute Gasteiger partial charge is 0.357 e. The molecule has 5 heteroatoms. The van der Waals surface area contributed by atoms with Crippen LogP contribution in [0.5, 0.6) is 0 Å². The molecule has 1 aromatic carbocycles. The van der Waals surface area contributed by atoms with E-state index < -0.39 is 0 Å². The molecule has 1 aromatic rings. The van der Waals surface area contributed by atoms with Gasteiger partial charge in [-0.25, -0.2) is 0 Å². The van der Waals surface area contributed by atoms with E-state index in [1.165, 1.54) is 37.9 Å². The van der Waals surface area contributed by atoms with Crippen LogP contribution in [0.1, 0.15) is 38.7 Å². The average molecular weight is 372 g/mol. The van der Waals surface area contributed by atoms with Crippen LogP contribution in [0, 0.1) is 5.92 Å². The van der Waals surface area contributed by atoms with Gasteiger partial charge in [0.25, 0.3) is 0 Å². The maximum Gasteiger partial charge on any atom is 0.191 e. The van der Waals surface area contributed by atoms with Gasteiger partial charge in [-0.2, -0.15) is 0 Å². The molecule has 0 aromatic heterocycles. The van der Waals surface area contributed by atoms with Crippen LogP contribution in [0.15, 0.2) is 35.3 Å². The summed E-state index contributed by atoms with van der Waals surface area (Å²) in [6.45, 7) is 10.8. The molecule has 150 valence electrons. The molecule has 3 unspecified atom stereocenters. The van der Waals surface area contributed by atoms with Crippen molar-refractivity contribution in [3.63, 3.8) is 0 Å². The maximum absolute atomic E-state index is 4.92. The molecule has 0 spiro atoms. The molecule has 0 aliphatic carbocycles. The zero-order chi connectivity index (χ0) is 19.1. The van der Waals surface area contributed by atoms with Crippen LogP contribution in [0.25, 0.3) is 0 Å². The predicted molar refractivity (Wildman–Crippen MR) is 114 cm³/mol. The normalized spacial score (nSPS) is 27.7. The minimum Gasteiger partial charge on any atom is -0.357 e. The maximum atomic E-state index is 4.92. The summed E-state index contributed by atoms with van der Waals surface area (Å²) in [4.78, 5) is 9.93. The Morgan fingerprint density at radius 2 is 2.04 bits per heavy atom. The molecule has 0 bridgehead atoms. The van der Waals surface area contributed by atoms with Crippen molar-refractivity contribution in [1.29, 1.82) is 0 Å². The van der Waals surface area contributed by atoms with Crippen LogP contribution in [-0.4, -0.2) is 67.6 Å². The summed E-state index contributed by atoms with van der Waals surface area (Å²) in [6.07, 6.45) is 3.78. The Balaban J connectivity index is 1.52. The van der Waals surface area contributed by atoms with Crippen molar-refractivity contribution in [2.45, 2.75) is 51.7 Å². The highest BCUT2D eigenvalue weighted by Crippen LogP contribution is 2.20. The van der Waals surface area contributed by atoms with Crippen molar-refractivity contribution < 1.29 is 0 Å². The standard InChI is InChI=1S/C22H37N5/c1-4-23-22(24-14-20-11-8-12-26(3)15-20)25-21-13-18(2)27(17-21)16-19-9-6-5-7-10-19/h5-7,9-10,18,20-21H,4,8,11-17H2,1-3H3,(H2,23,24,25). The van der Waals surface area contributed by atoms with E-state index in [1.54, 1.807) is 0 Å². The lowest BCUT2D eigenvalue weighted by Crippen LogP contribution is -2.45. The first-order chi connectivity index (χ1) is 13.1. The average Bonchev–Trinajstić information content (AvgIpc) is 3.00. The first-order valence-electron chi connectivity index (χ1n) is 10.7. The Hall–Kier alpha value is -1.59. The van der Waals surface area contributed by atoms with E-state index in [9.17, 15) is 0 Å². The molecule has 2 heterocycles. The summed E-state index contributed by atoms with van der Waals surface area (Å²) >= 11 is 0. The van der Waals surface area contributed by atoms with Crippen molar-refractivity contribution >= 4 is 5.96 Å². The highest BCUT2D eigenvalue weighted by atomic mass is 15.3. The van der Waals surface area contributed by atoms with Gasteiger partial charge in [-0.15, -0.1) is 0 Å². The Morgan fingerprint density at radius 3 is 2.78 bits per heavy atom. The van der Waals surface area contributed by atoms with Crippen molar-refractivity contribution in [2.75, 3.05) is 39.8 Å². The quantitative estimate of drug-likeness (QED) is 0.596. The lowest BCUT2D eigenvalue weighted by molar-refractivity contribution is 0.214. The third-order valence-electron chi connectivity index (χ3n) is 5.85. The lowest BCUT2D eigenvalue weighted by Gasteiger charge is -2.29. The van der Waals surface area contributed by atoms with Gasteiger partial charge in [-0.05, 0) is 58.2 Å². The van der Waals surface area contributed by atoms with Crippen LogP contribution in [0.4, 0.5) is 0 Å². The second-order valence-corrected chi connectivity index (χ2v) is 8.33. The summed E-state index contributed by atoms with van der Waals surface area (Å²) < 4.78 is 0. The van der Waals surface area contributed by atoms with E-state index in [1.807, 2.05) is 0 Å². The Morgan fingerprint density at radius 1 is 1.22 bits per heavy atom. The van der Waals surface area contributed by atoms with Crippen molar-refractivity contribution in [3.8, 4) is 0 Å². The van der Waals surface area contributed by atoms with Crippen LogP contribution >= 0.6 is 0 Å². The van der Waals surface area contributed by atoms with Gasteiger partial charge >= 0.3 is 0 Å². The number of hydrogen-bond acceptors (Lipinski definition) is 3. The summed E-state index contributed by atoms with van der Waals surface area (Å²) in [5.41, 5.74) is 1.40. The van der Waals surface area contributed by atoms with Gasteiger partial charge < -0.3 is 15.5 Å². The fourth-order valence-corrected chi connectivity index (χ4v) is 4.40. The molecule has 2 fully saturated rings. The number of piperidine rings is 1. The topological polar surface area (TPSA) is 42.9 Å². The second-order valence-electron chi connectivity index (χ2n) is 8.33. The number of benzene rings is 1. The monoisotopic (exact) mass is 371 g/mol. The van der Waals surface area contributed by atoms with Crippen LogP contribution < -0.4 is 10.6 Å². The minimum atomic E-state index is 0.468. The number of nitrogens with one attached hydrogen (secondary N) is 2. The number of aliphatic imine (C=N–C) groups is 1. The van der Waals surface area contributed by atoms with E-state index in [-0.39, 0.29) is 0 Å². The SMILES string of the molecule is CCNC(=NCC1CCCN(C)C1)NC1CC(C)N(Cc2ccccc2)C1. The Kier molecular flexibility index (Phi) is 7.53.